The van der Waals surface area contributed by atoms with E-state index >= 15 is 0 Å². The molecular formula is C15H25N3OS. The molecule has 2 atom stereocenters. The van der Waals surface area contributed by atoms with Crippen LogP contribution in [-0.2, 0) is 0 Å². The van der Waals surface area contributed by atoms with Crippen LogP contribution in [0.2, 0.25) is 0 Å². The first-order chi connectivity index (χ1) is 9.39. The minimum Gasteiger partial charge on any atom is -0.313 e. The predicted molar refractivity (Wildman–Crippen MR) is 84.3 cm³/mol. The van der Waals surface area contributed by atoms with Gasteiger partial charge >= 0.3 is 0 Å². The highest BCUT2D eigenvalue weighted by Gasteiger charge is 2.35. The Balaban J connectivity index is 2.16. The zero-order chi connectivity index (χ0) is 14.8. The Morgan fingerprint density at radius 3 is 2.95 bits per heavy atom. The fraction of sp³-hybridized carbons (Fsp3) is 0.733. The molecule has 0 amide bonds. The molecule has 112 valence electrons. The van der Waals surface area contributed by atoms with Crippen molar-refractivity contribution in [1.29, 1.82) is 0 Å². The number of aromatic amines is 1. The number of hydrogen-bond donors (Lipinski definition) is 2. The molecule has 0 aromatic carbocycles. The molecule has 1 aliphatic carbocycles. The van der Waals surface area contributed by atoms with Gasteiger partial charge in [0, 0.05) is 23.1 Å². The van der Waals surface area contributed by atoms with E-state index in [0.29, 0.717) is 16.7 Å². The molecule has 1 heterocycles. The van der Waals surface area contributed by atoms with Crippen molar-refractivity contribution >= 4 is 11.8 Å². The van der Waals surface area contributed by atoms with E-state index in [9.17, 15) is 4.79 Å². The molecule has 1 aromatic heterocycles. The average Bonchev–Trinajstić information content (AvgIpc) is 2.31. The number of hydrogen-bond acceptors (Lipinski definition) is 4. The molecule has 20 heavy (non-hydrogen) atoms. The van der Waals surface area contributed by atoms with E-state index < -0.39 is 0 Å². The average molecular weight is 295 g/mol. The smallest absolute Gasteiger partial charge is 0.251 e. The Morgan fingerprint density at radius 2 is 2.30 bits per heavy atom. The zero-order valence-corrected chi connectivity index (χ0v) is 13.6. The van der Waals surface area contributed by atoms with E-state index in [1.54, 1.807) is 11.8 Å². The fourth-order valence-electron chi connectivity index (χ4n) is 2.89. The molecule has 1 fully saturated rings. The lowest BCUT2D eigenvalue weighted by atomic mass is 9.75. The number of aromatic nitrogens is 2. The zero-order valence-electron chi connectivity index (χ0n) is 12.8. The highest BCUT2D eigenvalue weighted by molar-refractivity contribution is 7.99. The third-order valence-corrected chi connectivity index (χ3v) is 5.13. The van der Waals surface area contributed by atoms with Crippen LogP contribution in [0.3, 0.4) is 0 Å². The molecule has 2 N–H and O–H groups in total. The van der Waals surface area contributed by atoms with Crippen LogP contribution in [0.1, 0.15) is 45.7 Å². The van der Waals surface area contributed by atoms with Crippen LogP contribution >= 0.6 is 11.8 Å². The van der Waals surface area contributed by atoms with Gasteiger partial charge in [-0.3, -0.25) is 4.79 Å². The molecule has 2 rings (SSSR count). The van der Waals surface area contributed by atoms with Gasteiger partial charge in [-0.15, -0.1) is 0 Å². The maximum absolute atomic E-state index is 11.6. The number of nitrogens with one attached hydrogen (secondary N) is 2. The van der Waals surface area contributed by atoms with Gasteiger partial charge in [0.2, 0.25) is 0 Å². The van der Waals surface area contributed by atoms with Crippen molar-refractivity contribution in [1.82, 2.24) is 15.3 Å². The van der Waals surface area contributed by atoms with E-state index in [2.05, 4.69) is 36.1 Å². The van der Waals surface area contributed by atoms with Crippen LogP contribution in [0.25, 0.3) is 0 Å². The van der Waals surface area contributed by atoms with Gasteiger partial charge in [0.1, 0.15) is 0 Å². The van der Waals surface area contributed by atoms with Gasteiger partial charge in [0.05, 0.1) is 0 Å². The normalized spacial score (nSPS) is 25.6. The van der Waals surface area contributed by atoms with Gasteiger partial charge in [-0.05, 0) is 38.1 Å². The molecule has 5 heteroatoms. The third-order valence-electron chi connectivity index (χ3n) is 3.91. The van der Waals surface area contributed by atoms with Crippen LogP contribution in [0, 0.1) is 12.3 Å². The molecule has 0 radical (unpaired) electrons. The lowest BCUT2D eigenvalue weighted by Gasteiger charge is -2.40. The Labute approximate surface area is 125 Å². The molecule has 1 aromatic rings. The molecule has 0 bridgehead atoms. The summed E-state index contributed by atoms with van der Waals surface area (Å²) in [6, 6.07) is 2.04. The fourth-order valence-corrected chi connectivity index (χ4v) is 4.47. The molecule has 0 aliphatic heterocycles. The van der Waals surface area contributed by atoms with Crippen molar-refractivity contribution in [3.05, 3.63) is 22.1 Å². The van der Waals surface area contributed by atoms with Crippen LogP contribution < -0.4 is 10.9 Å². The van der Waals surface area contributed by atoms with Crippen molar-refractivity contribution in [2.45, 2.75) is 63.4 Å². The number of aryl methyl sites for hydroxylation is 1. The third kappa shape index (κ3) is 4.09. The van der Waals surface area contributed by atoms with E-state index in [4.69, 9.17) is 0 Å². The van der Waals surface area contributed by atoms with Gasteiger partial charge in [-0.2, -0.15) is 0 Å². The second kappa shape index (κ2) is 6.31. The Kier molecular flexibility index (Phi) is 4.91. The van der Waals surface area contributed by atoms with Gasteiger partial charge in [-0.1, -0.05) is 32.5 Å². The van der Waals surface area contributed by atoms with Crippen molar-refractivity contribution in [2.75, 3.05) is 6.54 Å². The Hall–Kier alpha value is -0.810. The van der Waals surface area contributed by atoms with E-state index in [1.807, 2.05) is 6.92 Å². The summed E-state index contributed by atoms with van der Waals surface area (Å²) in [4.78, 5) is 18.9. The lowest BCUT2D eigenvalue weighted by molar-refractivity contribution is 0.215. The van der Waals surface area contributed by atoms with Crippen LogP contribution in [-0.4, -0.2) is 27.8 Å². The van der Waals surface area contributed by atoms with E-state index in [1.165, 1.54) is 18.9 Å². The highest BCUT2D eigenvalue weighted by Crippen LogP contribution is 2.41. The standard InChI is InChI=1S/C15H25N3OS/c1-5-16-11-6-7-15(3,4)9-12(11)20-14-17-10(2)8-13(19)18-14/h8,11-12,16H,5-7,9H2,1-4H3,(H,17,18,19). The van der Waals surface area contributed by atoms with Crippen molar-refractivity contribution in [2.24, 2.45) is 5.41 Å². The van der Waals surface area contributed by atoms with Crippen LogP contribution in [0.15, 0.2) is 16.0 Å². The summed E-state index contributed by atoms with van der Waals surface area (Å²) in [6.07, 6.45) is 3.58. The first-order valence-electron chi connectivity index (χ1n) is 7.37. The second-order valence-corrected chi connectivity index (χ2v) is 7.65. The number of rotatable bonds is 4. The molecule has 2 unspecified atom stereocenters. The summed E-state index contributed by atoms with van der Waals surface area (Å²) in [5.74, 6) is 0. The first-order valence-corrected chi connectivity index (χ1v) is 8.25. The maximum atomic E-state index is 11.6. The van der Waals surface area contributed by atoms with Crippen molar-refractivity contribution in [3.8, 4) is 0 Å². The molecule has 0 saturated heterocycles. The number of thioether (sulfide) groups is 1. The SMILES string of the molecule is CCNC1CCC(C)(C)CC1Sc1nc(C)cc(=O)[nH]1. The molecular weight excluding hydrogens is 270 g/mol. The minimum atomic E-state index is -0.0601. The second-order valence-electron chi connectivity index (χ2n) is 6.42. The summed E-state index contributed by atoms with van der Waals surface area (Å²) in [5.41, 5.74) is 1.09. The maximum Gasteiger partial charge on any atom is 0.251 e. The molecule has 1 saturated carbocycles. The topological polar surface area (TPSA) is 57.8 Å². The van der Waals surface area contributed by atoms with Crippen molar-refractivity contribution in [3.63, 3.8) is 0 Å². The van der Waals surface area contributed by atoms with E-state index in [-0.39, 0.29) is 5.56 Å². The Bertz CT molecular complexity index is 512. The van der Waals surface area contributed by atoms with Crippen molar-refractivity contribution < 1.29 is 0 Å². The van der Waals surface area contributed by atoms with Gasteiger partial charge in [0.25, 0.3) is 5.56 Å². The highest BCUT2D eigenvalue weighted by atomic mass is 32.2. The summed E-state index contributed by atoms with van der Waals surface area (Å²) < 4.78 is 0. The lowest BCUT2D eigenvalue weighted by Crippen LogP contribution is -2.44. The first kappa shape index (κ1) is 15.6. The summed E-state index contributed by atoms with van der Waals surface area (Å²) in [6.45, 7) is 9.66. The number of H-pyrrole nitrogens is 1. The van der Waals surface area contributed by atoms with Gasteiger partial charge in [-0.25, -0.2) is 4.98 Å². The molecule has 4 nitrogen and oxygen atoms in total. The number of nitrogens with zero attached hydrogens (tertiary/aromatic N) is 1. The largest absolute Gasteiger partial charge is 0.313 e. The van der Waals surface area contributed by atoms with Gasteiger partial charge < -0.3 is 10.3 Å². The van der Waals surface area contributed by atoms with Crippen LogP contribution in [0.4, 0.5) is 0 Å². The monoisotopic (exact) mass is 295 g/mol. The Morgan fingerprint density at radius 1 is 1.55 bits per heavy atom. The van der Waals surface area contributed by atoms with Gasteiger partial charge in [0.15, 0.2) is 5.16 Å². The summed E-state index contributed by atoms with van der Waals surface area (Å²) in [7, 11) is 0. The summed E-state index contributed by atoms with van der Waals surface area (Å²) in [5, 5.41) is 4.79. The molecule has 0 spiro atoms. The molecule has 1 aliphatic rings. The predicted octanol–water partition coefficient (Wildman–Crippen LogP) is 2.73. The van der Waals surface area contributed by atoms with E-state index in [0.717, 1.165) is 23.8 Å². The quantitative estimate of drug-likeness (QED) is 0.839. The minimum absolute atomic E-state index is 0.0601. The summed E-state index contributed by atoms with van der Waals surface area (Å²) >= 11 is 1.71. The van der Waals surface area contributed by atoms with Crippen LogP contribution in [0.5, 0.6) is 0 Å².